The van der Waals surface area contributed by atoms with Gasteiger partial charge in [-0.05, 0) is 43.4 Å². The van der Waals surface area contributed by atoms with Gasteiger partial charge in [-0.15, -0.1) is 0 Å². The first-order valence-corrected chi connectivity index (χ1v) is 10.8. The molecule has 0 spiro atoms. The van der Waals surface area contributed by atoms with Crippen LogP contribution < -0.4 is 20.1 Å². The lowest BCUT2D eigenvalue weighted by molar-refractivity contribution is -0.0707. The molecule has 0 radical (unpaired) electrons. The van der Waals surface area contributed by atoms with Crippen LogP contribution in [0.15, 0.2) is 23.0 Å². The van der Waals surface area contributed by atoms with E-state index in [9.17, 15) is 22.4 Å². The Morgan fingerprint density at radius 3 is 2.66 bits per heavy atom. The zero-order valence-electron chi connectivity index (χ0n) is 17.3. The molecule has 1 saturated heterocycles. The summed E-state index contributed by atoms with van der Waals surface area (Å²) in [5, 5.41) is 0. The lowest BCUT2D eigenvalue weighted by atomic mass is 9.94. The van der Waals surface area contributed by atoms with Crippen molar-refractivity contribution in [3.8, 4) is 11.6 Å². The monoisotopic (exact) mass is 453 g/mol. The summed E-state index contributed by atoms with van der Waals surface area (Å²) in [7, 11) is 0. The number of ether oxygens (including phenoxy) is 2. The standard InChI is InChI=1S/C22H23F4N3O3/c23-16-7-13(8-17(24)20(16)32-15-4-1-5-22(25,26)10-15)12-31-18-9-19-28-6-2-3-14(28)11-29(19)21(30)27-18/h7-9,14-15H,1-6,10-12H2/t14?,15-/m0/s1. The molecule has 1 unspecified atom stereocenters. The lowest BCUT2D eigenvalue weighted by Gasteiger charge is -2.29. The van der Waals surface area contributed by atoms with E-state index in [1.54, 1.807) is 10.6 Å². The van der Waals surface area contributed by atoms with Crippen molar-refractivity contribution >= 4 is 5.82 Å². The Kier molecular flexibility index (Phi) is 5.25. The van der Waals surface area contributed by atoms with Crippen molar-refractivity contribution in [3.05, 3.63) is 45.9 Å². The maximum Gasteiger partial charge on any atom is 0.352 e. The van der Waals surface area contributed by atoms with Crippen LogP contribution in [0.3, 0.4) is 0 Å². The molecule has 2 fully saturated rings. The van der Waals surface area contributed by atoms with Crippen LogP contribution in [-0.4, -0.2) is 34.2 Å². The van der Waals surface area contributed by atoms with Gasteiger partial charge in [-0.1, -0.05) is 0 Å². The van der Waals surface area contributed by atoms with Crippen molar-refractivity contribution in [1.29, 1.82) is 0 Å². The highest BCUT2D eigenvalue weighted by Gasteiger charge is 2.38. The normalized spacial score (nSPS) is 23.7. The molecule has 3 aliphatic rings. The molecular formula is C22H23F4N3O3. The van der Waals surface area contributed by atoms with Crippen molar-refractivity contribution in [1.82, 2.24) is 9.55 Å². The minimum Gasteiger partial charge on any atom is -0.484 e. The first kappa shape index (κ1) is 21.1. The summed E-state index contributed by atoms with van der Waals surface area (Å²) in [6.45, 7) is 1.25. The molecule has 6 nitrogen and oxygen atoms in total. The average molecular weight is 453 g/mol. The topological polar surface area (TPSA) is 56.6 Å². The fourth-order valence-corrected chi connectivity index (χ4v) is 4.85. The number of alkyl halides is 2. The van der Waals surface area contributed by atoms with Crippen molar-refractivity contribution < 1.29 is 27.0 Å². The van der Waals surface area contributed by atoms with E-state index in [4.69, 9.17) is 9.47 Å². The van der Waals surface area contributed by atoms with Gasteiger partial charge in [0.1, 0.15) is 18.5 Å². The fourth-order valence-electron chi connectivity index (χ4n) is 4.85. The molecule has 0 N–H and O–H groups in total. The zero-order chi connectivity index (χ0) is 22.5. The highest BCUT2D eigenvalue weighted by Crippen LogP contribution is 2.37. The number of hydrogen-bond acceptors (Lipinski definition) is 5. The fraction of sp³-hybridized carbons (Fsp3) is 0.545. The summed E-state index contributed by atoms with van der Waals surface area (Å²) >= 11 is 0. The molecule has 1 saturated carbocycles. The van der Waals surface area contributed by atoms with Gasteiger partial charge in [0.25, 0.3) is 5.92 Å². The third-order valence-electron chi connectivity index (χ3n) is 6.35. The van der Waals surface area contributed by atoms with Gasteiger partial charge in [-0.3, -0.25) is 4.57 Å². The summed E-state index contributed by atoms with van der Waals surface area (Å²) in [4.78, 5) is 18.4. The van der Waals surface area contributed by atoms with Crippen LogP contribution in [0.2, 0.25) is 0 Å². The maximum atomic E-state index is 14.5. The molecule has 1 aliphatic carbocycles. The maximum absolute atomic E-state index is 14.5. The molecular weight excluding hydrogens is 430 g/mol. The Balaban J connectivity index is 1.28. The highest BCUT2D eigenvalue weighted by atomic mass is 19.3. The summed E-state index contributed by atoms with van der Waals surface area (Å²) in [6.07, 6.45) is 0.880. The first-order chi connectivity index (χ1) is 15.3. The molecule has 172 valence electrons. The highest BCUT2D eigenvalue weighted by molar-refractivity contribution is 5.48. The van der Waals surface area contributed by atoms with E-state index in [2.05, 4.69) is 9.88 Å². The van der Waals surface area contributed by atoms with Crippen LogP contribution in [0.1, 0.15) is 44.1 Å². The predicted molar refractivity (Wildman–Crippen MR) is 107 cm³/mol. The quantitative estimate of drug-likeness (QED) is 0.640. The Labute approximate surface area is 181 Å². The van der Waals surface area contributed by atoms with E-state index < -0.39 is 41.5 Å². The van der Waals surface area contributed by atoms with Crippen LogP contribution in [0, 0.1) is 11.6 Å². The Bertz CT molecular complexity index is 1070. The molecule has 2 aliphatic heterocycles. The van der Waals surface area contributed by atoms with E-state index in [0.29, 0.717) is 19.0 Å². The molecule has 10 heteroatoms. The van der Waals surface area contributed by atoms with Crippen molar-refractivity contribution in [2.24, 2.45) is 0 Å². The van der Waals surface area contributed by atoms with Crippen molar-refractivity contribution in [2.45, 2.75) is 69.7 Å². The van der Waals surface area contributed by atoms with Gasteiger partial charge in [-0.25, -0.2) is 22.4 Å². The van der Waals surface area contributed by atoms with Crippen molar-refractivity contribution in [2.75, 3.05) is 11.4 Å². The van der Waals surface area contributed by atoms with E-state index in [1.165, 1.54) is 0 Å². The van der Waals surface area contributed by atoms with E-state index >= 15 is 0 Å². The van der Waals surface area contributed by atoms with Gasteiger partial charge in [0.2, 0.25) is 5.88 Å². The van der Waals surface area contributed by atoms with Gasteiger partial charge in [0, 0.05) is 38.0 Å². The Morgan fingerprint density at radius 1 is 1.12 bits per heavy atom. The molecule has 0 bridgehead atoms. The van der Waals surface area contributed by atoms with Gasteiger partial charge in [0.05, 0.1) is 0 Å². The molecule has 2 atom stereocenters. The summed E-state index contributed by atoms with van der Waals surface area (Å²) in [6, 6.07) is 4.03. The van der Waals surface area contributed by atoms with Crippen LogP contribution in [0.25, 0.3) is 0 Å². The number of nitrogens with zero attached hydrogens (tertiary/aromatic N) is 3. The average Bonchev–Trinajstić information content (AvgIpc) is 3.31. The van der Waals surface area contributed by atoms with Crippen LogP contribution in [0.4, 0.5) is 23.4 Å². The second kappa shape index (κ2) is 7.97. The molecule has 5 rings (SSSR count). The predicted octanol–water partition coefficient (Wildman–Crippen LogP) is 4.04. The SMILES string of the molecule is O=c1nc(OCc2cc(F)c(O[C@H]3CCCC(F)(F)C3)c(F)c2)cc2n1CC1CCCN21. The third-order valence-corrected chi connectivity index (χ3v) is 6.35. The van der Waals surface area contributed by atoms with Gasteiger partial charge in [0.15, 0.2) is 17.4 Å². The Hall–Kier alpha value is -2.78. The summed E-state index contributed by atoms with van der Waals surface area (Å²) in [5.74, 6) is -4.70. The second-order valence-electron chi connectivity index (χ2n) is 8.70. The van der Waals surface area contributed by atoms with E-state index in [-0.39, 0.29) is 30.9 Å². The summed E-state index contributed by atoms with van der Waals surface area (Å²) < 4.78 is 68.5. The molecule has 0 amide bonds. The molecule has 1 aromatic heterocycles. The Morgan fingerprint density at radius 2 is 1.91 bits per heavy atom. The van der Waals surface area contributed by atoms with E-state index in [0.717, 1.165) is 37.3 Å². The van der Waals surface area contributed by atoms with Gasteiger partial charge < -0.3 is 14.4 Å². The molecule has 1 aromatic carbocycles. The van der Waals surface area contributed by atoms with Gasteiger partial charge >= 0.3 is 5.69 Å². The molecule has 2 aromatic rings. The number of aromatic nitrogens is 2. The largest absolute Gasteiger partial charge is 0.484 e. The number of hydrogen-bond donors (Lipinski definition) is 0. The van der Waals surface area contributed by atoms with Crippen LogP contribution in [0.5, 0.6) is 11.6 Å². The van der Waals surface area contributed by atoms with Gasteiger partial charge in [-0.2, -0.15) is 4.98 Å². The number of fused-ring (bicyclic) bond motifs is 3. The minimum atomic E-state index is -2.89. The third kappa shape index (κ3) is 4.02. The van der Waals surface area contributed by atoms with E-state index in [1.807, 2.05) is 0 Å². The van der Waals surface area contributed by atoms with Crippen LogP contribution in [-0.2, 0) is 13.2 Å². The molecule has 3 heterocycles. The molecule has 32 heavy (non-hydrogen) atoms. The number of anilines is 1. The zero-order valence-corrected chi connectivity index (χ0v) is 17.3. The van der Waals surface area contributed by atoms with Crippen LogP contribution >= 0.6 is 0 Å². The smallest absolute Gasteiger partial charge is 0.352 e. The number of benzene rings is 1. The minimum absolute atomic E-state index is 0.0828. The number of halogens is 4. The second-order valence-corrected chi connectivity index (χ2v) is 8.70. The number of rotatable bonds is 5. The first-order valence-electron chi connectivity index (χ1n) is 10.8. The lowest BCUT2D eigenvalue weighted by Crippen LogP contribution is -2.33. The summed E-state index contributed by atoms with van der Waals surface area (Å²) in [5.41, 5.74) is -0.250. The van der Waals surface area contributed by atoms with Crippen molar-refractivity contribution in [3.63, 3.8) is 0 Å².